The molecule has 0 saturated heterocycles. The zero-order chi connectivity index (χ0) is 14.3. The van der Waals surface area contributed by atoms with Gasteiger partial charge in [-0.1, -0.05) is 48.5 Å². The molecule has 0 amide bonds. The Morgan fingerprint density at radius 1 is 0.952 bits per heavy atom. The maximum absolute atomic E-state index is 11.3. The van der Waals surface area contributed by atoms with Crippen molar-refractivity contribution >= 4 is 0 Å². The fraction of sp³-hybridized carbons (Fsp3) is 0.368. The monoisotopic (exact) mass is 279 g/mol. The molecule has 2 aliphatic carbocycles. The summed E-state index contributed by atoms with van der Waals surface area (Å²) in [6, 6.07) is 17.3. The van der Waals surface area contributed by atoms with Crippen LogP contribution in [0.5, 0.6) is 0 Å². The van der Waals surface area contributed by atoms with Crippen LogP contribution in [0.15, 0.2) is 48.5 Å². The Morgan fingerprint density at radius 3 is 2.10 bits per heavy atom. The summed E-state index contributed by atoms with van der Waals surface area (Å²) in [5, 5.41) is 14.9. The summed E-state index contributed by atoms with van der Waals surface area (Å²) in [5.41, 5.74) is 3.69. The first-order valence-electron chi connectivity index (χ1n) is 7.94. The lowest BCUT2D eigenvalue weighted by molar-refractivity contribution is 0.0734. The summed E-state index contributed by atoms with van der Waals surface area (Å²) in [6.45, 7) is 0.997. The van der Waals surface area contributed by atoms with E-state index in [0.717, 1.165) is 36.6 Å². The summed E-state index contributed by atoms with van der Waals surface area (Å²) >= 11 is 0. The fourth-order valence-corrected chi connectivity index (χ4v) is 3.51. The number of fused-ring (bicyclic) bond motifs is 3. The molecule has 2 N–H and O–H groups in total. The van der Waals surface area contributed by atoms with Crippen molar-refractivity contribution in [3.05, 3.63) is 59.7 Å². The number of nitrogens with one attached hydrogen (secondary N) is 1. The quantitative estimate of drug-likeness (QED) is 0.822. The second-order valence-electron chi connectivity index (χ2n) is 6.28. The average Bonchev–Trinajstić information content (AvgIpc) is 3.32. The van der Waals surface area contributed by atoms with E-state index in [-0.39, 0.29) is 0 Å². The Bertz CT molecular complexity index is 615. The van der Waals surface area contributed by atoms with Crippen molar-refractivity contribution in [2.24, 2.45) is 0 Å². The second-order valence-corrected chi connectivity index (χ2v) is 6.28. The number of hydrogen-bond acceptors (Lipinski definition) is 2. The Balaban J connectivity index is 1.63. The van der Waals surface area contributed by atoms with E-state index in [1.807, 2.05) is 12.1 Å². The van der Waals surface area contributed by atoms with Crippen LogP contribution in [0, 0.1) is 0 Å². The molecule has 2 nitrogen and oxygen atoms in total. The summed E-state index contributed by atoms with van der Waals surface area (Å²) in [5.74, 6) is 0. The van der Waals surface area contributed by atoms with Gasteiger partial charge in [-0.3, -0.25) is 0 Å². The van der Waals surface area contributed by atoms with E-state index in [4.69, 9.17) is 0 Å². The normalized spacial score (nSPS) is 18.3. The van der Waals surface area contributed by atoms with Gasteiger partial charge in [0.1, 0.15) is 5.60 Å². The van der Waals surface area contributed by atoms with Crippen LogP contribution in [-0.2, 0) is 5.60 Å². The van der Waals surface area contributed by atoms with Crippen LogP contribution >= 0.6 is 0 Å². The topological polar surface area (TPSA) is 32.3 Å². The van der Waals surface area contributed by atoms with Gasteiger partial charge in [0.15, 0.2) is 0 Å². The minimum absolute atomic E-state index is 0.739. The molecule has 0 aromatic heterocycles. The number of rotatable bonds is 5. The highest BCUT2D eigenvalue weighted by molar-refractivity contribution is 5.79. The highest BCUT2D eigenvalue weighted by Gasteiger charge is 2.40. The third-order valence-electron chi connectivity index (χ3n) is 4.76. The number of hydrogen-bond donors (Lipinski definition) is 2. The van der Waals surface area contributed by atoms with Gasteiger partial charge in [-0.2, -0.15) is 0 Å². The van der Waals surface area contributed by atoms with Crippen LogP contribution < -0.4 is 5.32 Å². The second kappa shape index (κ2) is 4.97. The summed E-state index contributed by atoms with van der Waals surface area (Å²) in [7, 11) is 0. The highest BCUT2D eigenvalue weighted by Crippen LogP contribution is 2.49. The van der Waals surface area contributed by atoms with Crippen LogP contribution in [0.1, 0.15) is 36.8 Å². The summed E-state index contributed by atoms with van der Waals surface area (Å²) < 4.78 is 0. The molecule has 0 aliphatic heterocycles. The molecule has 0 heterocycles. The lowest BCUT2D eigenvalue weighted by Crippen LogP contribution is -2.27. The smallest absolute Gasteiger partial charge is 0.116 e. The van der Waals surface area contributed by atoms with E-state index >= 15 is 0 Å². The van der Waals surface area contributed by atoms with Crippen LogP contribution in [-0.4, -0.2) is 17.7 Å². The predicted octanol–water partition coefficient (Wildman–Crippen LogP) is 3.44. The molecule has 1 saturated carbocycles. The molecule has 0 atom stereocenters. The molecule has 0 spiro atoms. The van der Waals surface area contributed by atoms with Crippen LogP contribution in [0.2, 0.25) is 0 Å². The maximum atomic E-state index is 11.3. The molecular weight excluding hydrogens is 258 g/mol. The third kappa shape index (κ3) is 2.19. The molecule has 2 aliphatic rings. The molecule has 21 heavy (non-hydrogen) atoms. The lowest BCUT2D eigenvalue weighted by atomic mass is 9.87. The van der Waals surface area contributed by atoms with Crippen LogP contribution in [0.3, 0.4) is 0 Å². The molecule has 0 bridgehead atoms. The minimum atomic E-state index is -0.821. The largest absolute Gasteiger partial charge is 0.380 e. The van der Waals surface area contributed by atoms with E-state index < -0.39 is 5.60 Å². The average molecular weight is 279 g/mol. The first-order valence-corrected chi connectivity index (χ1v) is 7.94. The maximum Gasteiger partial charge on any atom is 0.116 e. The van der Waals surface area contributed by atoms with E-state index in [1.165, 1.54) is 24.0 Å². The van der Waals surface area contributed by atoms with Gasteiger partial charge in [0.25, 0.3) is 0 Å². The van der Waals surface area contributed by atoms with Crippen molar-refractivity contribution in [3.63, 3.8) is 0 Å². The van der Waals surface area contributed by atoms with Gasteiger partial charge in [0.05, 0.1) is 0 Å². The highest BCUT2D eigenvalue weighted by atomic mass is 16.3. The van der Waals surface area contributed by atoms with Gasteiger partial charge in [-0.15, -0.1) is 0 Å². The zero-order valence-electron chi connectivity index (χ0n) is 12.2. The van der Waals surface area contributed by atoms with E-state index in [2.05, 4.69) is 41.7 Å². The molecule has 2 heteroatoms. The standard InChI is InChI=1S/C19H21NO/c21-19(12-5-13-20-14-10-11-14)17-8-3-1-6-15(17)16-7-2-4-9-18(16)19/h1-4,6-9,14,20-21H,5,10-13H2. The van der Waals surface area contributed by atoms with Crippen LogP contribution in [0.4, 0.5) is 0 Å². The Hall–Kier alpha value is -1.64. The molecule has 4 rings (SSSR count). The van der Waals surface area contributed by atoms with E-state index in [9.17, 15) is 5.11 Å². The first-order chi connectivity index (χ1) is 10.3. The van der Waals surface area contributed by atoms with E-state index in [1.54, 1.807) is 0 Å². The number of benzene rings is 2. The van der Waals surface area contributed by atoms with Crippen molar-refractivity contribution in [2.75, 3.05) is 6.54 Å². The first kappa shape index (κ1) is 13.1. The molecule has 0 unspecified atom stereocenters. The Kier molecular flexibility index (Phi) is 3.09. The third-order valence-corrected chi connectivity index (χ3v) is 4.76. The predicted molar refractivity (Wildman–Crippen MR) is 85.1 cm³/mol. The van der Waals surface area contributed by atoms with Crippen molar-refractivity contribution in [3.8, 4) is 11.1 Å². The summed E-state index contributed by atoms with van der Waals surface area (Å²) in [6.07, 6.45) is 4.41. The zero-order valence-corrected chi connectivity index (χ0v) is 12.2. The molecule has 1 fully saturated rings. The van der Waals surface area contributed by atoms with Crippen molar-refractivity contribution < 1.29 is 5.11 Å². The van der Waals surface area contributed by atoms with Gasteiger partial charge >= 0.3 is 0 Å². The molecule has 0 radical (unpaired) electrons. The molecule has 2 aromatic rings. The number of aliphatic hydroxyl groups is 1. The molecule has 108 valence electrons. The Labute approximate surface area is 125 Å². The van der Waals surface area contributed by atoms with Crippen LogP contribution in [0.25, 0.3) is 11.1 Å². The van der Waals surface area contributed by atoms with E-state index in [0.29, 0.717) is 0 Å². The van der Waals surface area contributed by atoms with Gasteiger partial charge in [0, 0.05) is 6.04 Å². The van der Waals surface area contributed by atoms with Gasteiger partial charge in [-0.25, -0.2) is 0 Å². The van der Waals surface area contributed by atoms with Crippen molar-refractivity contribution in [1.29, 1.82) is 0 Å². The molecular formula is C19H21NO. The Morgan fingerprint density at radius 2 is 1.52 bits per heavy atom. The lowest BCUT2D eigenvalue weighted by Gasteiger charge is -2.26. The van der Waals surface area contributed by atoms with Crippen molar-refractivity contribution in [1.82, 2.24) is 5.32 Å². The molecule has 2 aromatic carbocycles. The minimum Gasteiger partial charge on any atom is -0.380 e. The van der Waals surface area contributed by atoms with Crippen molar-refractivity contribution in [2.45, 2.75) is 37.3 Å². The summed E-state index contributed by atoms with van der Waals surface area (Å²) in [4.78, 5) is 0. The SMILES string of the molecule is OC1(CCCNC2CC2)c2ccccc2-c2ccccc21. The van der Waals surface area contributed by atoms with Gasteiger partial charge in [-0.05, 0) is 54.5 Å². The van der Waals surface area contributed by atoms with Gasteiger partial charge in [0.2, 0.25) is 0 Å². The fourth-order valence-electron chi connectivity index (χ4n) is 3.51. The van der Waals surface area contributed by atoms with Gasteiger partial charge < -0.3 is 10.4 Å².